The number of aryl methyl sites for hydroxylation is 1. The lowest BCUT2D eigenvalue weighted by molar-refractivity contribution is 0.241. The molecule has 144 valence electrons. The minimum atomic E-state index is -0.247. The number of piperazine rings is 1. The molecule has 28 heavy (non-hydrogen) atoms. The maximum atomic E-state index is 13.1. The molecule has 0 saturated carbocycles. The summed E-state index contributed by atoms with van der Waals surface area (Å²) in [6.45, 7) is 6.46. The summed E-state index contributed by atoms with van der Waals surface area (Å²) in [5, 5.41) is 9.74. The molecule has 0 N–H and O–H groups in total. The normalized spacial score (nSPS) is 15.6. The minimum absolute atomic E-state index is 0.247. The molecule has 0 atom stereocenters. The van der Waals surface area contributed by atoms with Gasteiger partial charge in [-0.3, -0.25) is 4.90 Å². The van der Waals surface area contributed by atoms with E-state index in [1.807, 2.05) is 23.7 Å². The third-order valence-electron chi connectivity index (χ3n) is 4.88. The number of hydrogen-bond donors (Lipinski definition) is 0. The zero-order valence-electron chi connectivity index (χ0n) is 15.4. The zero-order valence-corrected chi connectivity index (χ0v) is 16.2. The summed E-state index contributed by atoms with van der Waals surface area (Å²) in [7, 11) is 0. The summed E-state index contributed by atoms with van der Waals surface area (Å²) in [5.74, 6) is 0.600. The molecule has 0 unspecified atom stereocenters. The number of nitrogens with zero attached hydrogens (tertiary/aromatic N) is 6. The number of halogens is 1. The van der Waals surface area contributed by atoms with Gasteiger partial charge in [0, 0.05) is 44.4 Å². The van der Waals surface area contributed by atoms with E-state index in [2.05, 4.69) is 19.9 Å². The molecule has 0 aliphatic carbocycles. The minimum Gasteiger partial charge on any atom is -0.361 e. The maximum Gasteiger partial charge on any atom is 0.214 e. The molecule has 7 nitrogen and oxygen atoms in total. The number of fused-ring (bicyclic) bond motifs is 1. The SMILES string of the molecule is Cc1cc(CN2CCN(c3nn4cc(-c5ccc(F)cc5)nc4s3)CC2)no1. The standard InChI is InChI=1S/C19H19FN6OS/c1-13-10-16(23-27-13)11-24-6-8-25(9-7-24)19-22-26-12-17(21-18(26)28-19)14-2-4-15(20)5-3-14/h2-5,10,12H,6-9,11H2,1H3. The number of benzene rings is 1. The van der Waals surface area contributed by atoms with Gasteiger partial charge in [-0.2, -0.15) is 0 Å². The molecule has 4 aromatic rings. The molecule has 9 heteroatoms. The second-order valence-corrected chi connectivity index (χ2v) is 7.87. The van der Waals surface area contributed by atoms with Crippen molar-refractivity contribution in [1.29, 1.82) is 0 Å². The van der Waals surface area contributed by atoms with Crippen LogP contribution in [0.15, 0.2) is 41.1 Å². The topological polar surface area (TPSA) is 62.7 Å². The first-order chi connectivity index (χ1) is 13.6. The Kier molecular flexibility index (Phi) is 4.33. The molecule has 1 aliphatic heterocycles. The highest BCUT2D eigenvalue weighted by Crippen LogP contribution is 2.27. The highest BCUT2D eigenvalue weighted by atomic mass is 32.1. The Bertz CT molecular complexity index is 1060. The van der Waals surface area contributed by atoms with Crippen molar-refractivity contribution in [3.8, 4) is 11.3 Å². The van der Waals surface area contributed by atoms with Crippen molar-refractivity contribution in [3.05, 3.63) is 53.8 Å². The molecule has 4 heterocycles. The van der Waals surface area contributed by atoms with E-state index >= 15 is 0 Å². The van der Waals surface area contributed by atoms with Crippen molar-refractivity contribution in [2.24, 2.45) is 0 Å². The Morgan fingerprint density at radius 3 is 2.61 bits per heavy atom. The van der Waals surface area contributed by atoms with Crippen molar-refractivity contribution >= 4 is 21.4 Å². The largest absolute Gasteiger partial charge is 0.361 e. The predicted octanol–water partition coefficient (Wildman–Crippen LogP) is 3.22. The van der Waals surface area contributed by atoms with Gasteiger partial charge in [-0.15, -0.1) is 5.10 Å². The summed E-state index contributed by atoms with van der Waals surface area (Å²) in [4.78, 5) is 10.2. The van der Waals surface area contributed by atoms with Crippen molar-refractivity contribution in [1.82, 2.24) is 24.7 Å². The van der Waals surface area contributed by atoms with E-state index in [1.165, 1.54) is 12.1 Å². The van der Waals surface area contributed by atoms with Gasteiger partial charge in [-0.05, 0) is 31.2 Å². The molecule has 0 amide bonds. The highest BCUT2D eigenvalue weighted by Gasteiger charge is 2.21. The Hall–Kier alpha value is -2.78. The van der Waals surface area contributed by atoms with Crippen LogP contribution in [0, 0.1) is 12.7 Å². The molecule has 1 aliphatic rings. The van der Waals surface area contributed by atoms with Crippen LogP contribution in [-0.2, 0) is 6.54 Å². The number of rotatable bonds is 4. The van der Waals surface area contributed by atoms with Crippen LogP contribution in [0.4, 0.5) is 9.52 Å². The predicted molar refractivity (Wildman–Crippen MR) is 105 cm³/mol. The van der Waals surface area contributed by atoms with E-state index in [-0.39, 0.29) is 5.82 Å². The number of hydrogen-bond acceptors (Lipinski definition) is 7. The average molecular weight is 398 g/mol. The number of imidazole rings is 1. The fraction of sp³-hybridized carbons (Fsp3) is 0.316. The van der Waals surface area contributed by atoms with Gasteiger partial charge < -0.3 is 9.42 Å². The van der Waals surface area contributed by atoms with Crippen LogP contribution in [0.1, 0.15) is 11.5 Å². The second kappa shape index (κ2) is 6.99. The smallest absolute Gasteiger partial charge is 0.214 e. The van der Waals surface area contributed by atoms with Crippen LogP contribution in [0.3, 0.4) is 0 Å². The van der Waals surface area contributed by atoms with Gasteiger partial charge in [0.1, 0.15) is 11.6 Å². The first-order valence-corrected chi connectivity index (χ1v) is 9.97. The van der Waals surface area contributed by atoms with Crippen LogP contribution in [-0.4, -0.2) is 50.8 Å². The molecule has 3 aromatic heterocycles. The van der Waals surface area contributed by atoms with E-state index in [4.69, 9.17) is 9.62 Å². The quantitative estimate of drug-likeness (QED) is 0.526. The number of anilines is 1. The van der Waals surface area contributed by atoms with E-state index in [9.17, 15) is 4.39 Å². The maximum absolute atomic E-state index is 13.1. The molecule has 1 fully saturated rings. The van der Waals surface area contributed by atoms with Gasteiger partial charge >= 0.3 is 0 Å². The van der Waals surface area contributed by atoms with Crippen molar-refractivity contribution < 1.29 is 8.91 Å². The lowest BCUT2D eigenvalue weighted by Gasteiger charge is -2.33. The first kappa shape index (κ1) is 17.3. The van der Waals surface area contributed by atoms with E-state index in [1.54, 1.807) is 23.5 Å². The van der Waals surface area contributed by atoms with E-state index in [0.717, 1.165) is 65.5 Å². The Labute approximate surface area is 165 Å². The van der Waals surface area contributed by atoms with E-state index in [0.29, 0.717) is 0 Å². The molecule has 1 saturated heterocycles. The molecular formula is C19H19FN6OS. The van der Waals surface area contributed by atoms with Crippen molar-refractivity contribution in [2.45, 2.75) is 13.5 Å². The fourth-order valence-electron chi connectivity index (χ4n) is 3.40. The molecular weight excluding hydrogens is 379 g/mol. The van der Waals surface area contributed by atoms with Crippen LogP contribution in [0.2, 0.25) is 0 Å². The third-order valence-corrected chi connectivity index (χ3v) is 5.86. The second-order valence-electron chi connectivity index (χ2n) is 6.94. The van der Waals surface area contributed by atoms with Gasteiger partial charge in [-0.25, -0.2) is 13.9 Å². The Morgan fingerprint density at radius 1 is 1.14 bits per heavy atom. The van der Waals surface area contributed by atoms with Gasteiger partial charge in [0.15, 0.2) is 0 Å². The molecule has 0 radical (unpaired) electrons. The molecule has 0 bridgehead atoms. The summed E-state index contributed by atoms with van der Waals surface area (Å²) in [6, 6.07) is 8.35. The monoisotopic (exact) mass is 398 g/mol. The molecule has 5 rings (SSSR count). The van der Waals surface area contributed by atoms with Crippen LogP contribution in [0.5, 0.6) is 0 Å². The molecule has 1 aromatic carbocycles. The lowest BCUT2D eigenvalue weighted by Crippen LogP contribution is -2.46. The summed E-state index contributed by atoms with van der Waals surface area (Å²) >= 11 is 1.58. The first-order valence-electron chi connectivity index (χ1n) is 9.16. The summed E-state index contributed by atoms with van der Waals surface area (Å²) < 4.78 is 20.1. The lowest BCUT2D eigenvalue weighted by atomic mass is 10.2. The van der Waals surface area contributed by atoms with Gasteiger partial charge in [0.05, 0.1) is 17.6 Å². The van der Waals surface area contributed by atoms with Gasteiger partial charge in [0.2, 0.25) is 10.1 Å². The molecule has 0 spiro atoms. The average Bonchev–Trinajstić information content (AvgIpc) is 3.38. The van der Waals surface area contributed by atoms with Crippen LogP contribution < -0.4 is 4.90 Å². The summed E-state index contributed by atoms with van der Waals surface area (Å²) in [5.41, 5.74) is 2.67. The van der Waals surface area contributed by atoms with E-state index < -0.39 is 0 Å². The third kappa shape index (κ3) is 3.38. The van der Waals surface area contributed by atoms with Crippen molar-refractivity contribution in [3.63, 3.8) is 0 Å². The van der Waals surface area contributed by atoms with Crippen molar-refractivity contribution in [2.75, 3.05) is 31.1 Å². The highest BCUT2D eigenvalue weighted by molar-refractivity contribution is 7.20. The van der Waals surface area contributed by atoms with Gasteiger partial charge in [0.25, 0.3) is 0 Å². The van der Waals surface area contributed by atoms with Crippen LogP contribution >= 0.6 is 11.3 Å². The zero-order chi connectivity index (χ0) is 19.1. The van der Waals surface area contributed by atoms with Crippen LogP contribution in [0.25, 0.3) is 16.2 Å². The summed E-state index contributed by atoms with van der Waals surface area (Å²) in [6.07, 6.45) is 1.89. The Morgan fingerprint density at radius 2 is 1.93 bits per heavy atom. The number of aromatic nitrogens is 4. The fourth-order valence-corrected chi connectivity index (χ4v) is 4.33. The Balaban J connectivity index is 1.25. The van der Waals surface area contributed by atoms with Gasteiger partial charge in [-0.1, -0.05) is 16.5 Å².